The lowest BCUT2D eigenvalue weighted by Gasteiger charge is -2.49. The highest BCUT2D eigenvalue weighted by Crippen LogP contribution is 2.42. The van der Waals surface area contributed by atoms with E-state index in [-0.39, 0.29) is 11.4 Å². The van der Waals surface area contributed by atoms with Crippen LogP contribution >= 0.6 is 46.2 Å². The molecule has 0 bridgehead atoms. The summed E-state index contributed by atoms with van der Waals surface area (Å²) in [5.74, 6) is -1.56. The smallest absolute Gasteiger partial charge is 0.352 e. The third-order valence-corrected chi connectivity index (χ3v) is 9.08. The molecule has 16 heteroatoms. The molecule has 4 rings (SSSR count). The van der Waals surface area contributed by atoms with Crippen LogP contribution in [-0.4, -0.2) is 80.8 Å². The van der Waals surface area contributed by atoms with Crippen LogP contribution in [0.3, 0.4) is 0 Å². The molecule has 4 heterocycles. The molecule has 2 atom stereocenters. The molecule has 2 aliphatic rings. The number of amides is 2. The van der Waals surface area contributed by atoms with Crippen molar-refractivity contribution >= 4 is 79.8 Å². The molecule has 0 spiro atoms. The summed E-state index contributed by atoms with van der Waals surface area (Å²) in [7, 11) is 3.05. The number of oxime groups is 1. The number of thiophene rings is 1. The van der Waals surface area contributed by atoms with Gasteiger partial charge in [-0.1, -0.05) is 28.3 Å². The summed E-state index contributed by atoms with van der Waals surface area (Å²) in [6, 6.07) is 0.694. The van der Waals surface area contributed by atoms with E-state index in [9.17, 15) is 19.5 Å². The van der Waals surface area contributed by atoms with Crippen molar-refractivity contribution in [2.75, 3.05) is 36.7 Å². The van der Waals surface area contributed by atoms with Crippen molar-refractivity contribution in [1.29, 1.82) is 0 Å². The van der Waals surface area contributed by atoms with Gasteiger partial charge >= 0.3 is 5.97 Å². The van der Waals surface area contributed by atoms with E-state index in [0.29, 0.717) is 37.1 Å². The molecule has 12 nitrogen and oxygen atoms in total. The van der Waals surface area contributed by atoms with Gasteiger partial charge in [-0.25, -0.2) is 4.79 Å². The second-order valence-corrected chi connectivity index (χ2v) is 11.1. The maximum atomic E-state index is 12.9. The number of anilines is 2. The van der Waals surface area contributed by atoms with Gasteiger partial charge in [0, 0.05) is 29.5 Å². The van der Waals surface area contributed by atoms with Crippen LogP contribution in [0.15, 0.2) is 32.2 Å². The molecule has 2 amide bonds. The third-order valence-electron chi connectivity index (χ3n) is 4.82. The number of β-lactam (4-membered cyclic amide) rings is 1. The van der Waals surface area contributed by atoms with Crippen LogP contribution in [0.4, 0.5) is 10.1 Å². The van der Waals surface area contributed by atoms with Gasteiger partial charge in [-0.3, -0.25) is 14.5 Å². The maximum absolute atomic E-state index is 12.9. The van der Waals surface area contributed by atoms with E-state index in [4.69, 9.17) is 10.6 Å². The Kier molecular flexibility index (Phi) is 7.30. The zero-order valence-corrected chi connectivity index (χ0v) is 21.1. The normalized spacial score (nSPS) is 20.0. The highest BCUT2D eigenvalue weighted by Gasteiger charge is 2.54. The summed E-state index contributed by atoms with van der Waals surface area (Å²) >= 11 is 5.34. The Morgan fingerprint density at radius 3 is 2.85 bits per heavy atom. The number of nitrogens with zero attached hydrogens (tertiary/aromatic N) is 4. The number of thioether (sulfide) groups is 2. The van der Waals surface area contributed by atoms with Crippen molar-refractivity contribution in [3.63, 3.8) is 0 Å². The van der Waals surface area contributed by atoms with Crippen molar-refractivity contribution in [3.8, 4) is 0 Å². The van der Waals surface area contributed by atoms with Crippen LogP contribution in [0.5, 0.6) is 0 Å². The summed E-state index contributed by atoms with van der Waals surface area (Å²) in [4.78, 5) is 43.8. The van der Waals surface area contributed by atoms with E-state index in [0.717, 1.165) is 0 Å². The van der Waals surface area contributed by atoms with E-state index in [1.807, 2.05) is 0 Å². The molecule has 0 saturated carbocycles. The molecule has 2 unspecified atom stereocenters. The van der Waals surface area contributed by atoms with Crippen LogP contribution in [0.25, 0.3) is 0 Å². The number of hydrogen-bond donors (Lipinski definition) is 4. The average Bonchev–Trinajstić information content (AvgIpc) is 3.47. The summed E-state index contributed by atoms with van der Waals surface area (Å²) in [6.07, 6.45) is 0. The van der Waals surface area contributed by atoms with Crippen molar-refractivity contribution < 1.29 is 24.3 Å². The minimum Gasteiger partial charge on any atom is -0.477 e. The quantitative estimate of drug-likeness (QED) is 0.155. The first kappa shape index (κ1) is 24.3. The number of carbonyl (C=O) groups is 3. The van der Waals surface area contributed by atoms with Gasteiger partial charge < -0.3 is 26.3 Å². The molecule has 1 fully saturated rings. The van der Waals surface area contributed by atoms with E-state index in [2.05, 4.69) is 26.0 Å². The molecule has 0 radical (unpaired) electrons. The van der Waals surface area contributed by atoms with Crippen LogP contribution < -0.4 is 16.4 Å². The molecule has 2 aliphatic heterocycles. The number of carboxylic acids is 1. The molecule has 34 heavy (non-hydrogen) atoms. The van der Waals surface area contributed by atoms with Gasteiger partial charge in [-0.2, -0.15) is 0 Å². The van der Waals surface area contributed by atoms with Crippen molar-refractivity contribution in [1.82, 2.24) is 20.4 Å². The molecule has 2 aromatic heterocycles. The van der Waals surface area contributed by atoms with Gasteiger partial charge in [-0.05, 0) is 11.6 Å². The van der Waals surface area contributed by atoms with Gasteiger partial charge in [0.25, 0.3) is 11.8 Å². The van der Waals surface area contributed by atoms with Gasteiger partial charge in [0.05, 0.1) is 5.00 Å². The Hall–Kier alpha value is -2.82. The maximum Gasteiger partial charge on any atom is 0.352 e. The van der Waals surface area contributed by atoms with Gasteiger partial charge in [0.15, 0.2) is 10.1 Å². The second kappa shape index (κ2) is 10.2. The SMILES string of the molecule is CNc1nnc(SCC2=C(C(=O)O)N3C(=O)C(NC(=O)/C(=N/OC)c4csc(N)c4)C3SC2)s1. The summed E-state index contributed by atoms with van der Waals surface area (Å²) in [6.45, 7) is 0. The first-order valence-corrected chi connectivity index (χ1v) is 13.4. The predicted octanol–water partition coefficient (Wildman–Crippen LogP) is 1.10. The highest BCUT2D eigenvalue weighted by molar-refractivity contribution is 8.01. The molecule has 0 aliphatic carbocycles. The summed E-state index contributed by atoms with van der Waals surface area (Å²) in [5.41, 5.74) is 6.73. The number of nitrogens with one attached hydrogen (secondary N) is 2. The van der Waals surface area contributed by atoms with Crippen LogP contribution in [0.1, 0.15) is 5.56 Å². The van der Waals surface area contributed by atoms with E-state index in [1.165, 1.54) is 58.2 Å². The highest BCUT2D eigenvalue weighted by atomic mass is 32.2. The number of nitrogen functional groups attached to an aromatic ring is 1. The molecule has 5 N–H and O–H groups in total. The minimum atomic E-state index is -1.19. The van der Waals surface area contributed by atoms with Crippen LogP contribution in [0.2, 0.25) is 0 Å². The lowest BCUT2D eigenvalue weighted by atomic mass is 10.0. The number of carbonyl (C=O) groups excluding carboxylic acids is 2. The Morgan fingerprint density at radius 1 is 1.44 bits per heavy atom. The predicted molar refractivity (Wildman–Crippen MR) is 132 cm³/mol. The number of nitrogens with two attached hydrogens (primary N) is 1. The monoisotopic (exact) mass is 541 g/mol. The summed E-state index contributed by atoms with van der Waals surface area (Å²) in [5, 5.41) is 29.4. The van der Waals surface area contributed by atoms with Crippen molar-refractivity contribution in [2.24, 2.45) is 5.16 Å². The number of rotatable bonds is 9. The zero-order valence-electron chi connectivity index (χ0n) is 17.8. The standard InChI is InChI=1S/C18H19N7O5S4/c1-20-17-22-23-18(34-17)33-6-8-5-32-15-11(14(27)25(15)12(8)16(28)29)21-13(26)10(24-30-2)7-3-9(19)31-4-7/h3-4,11,15H,5-6,19H2,1-2H3,(H,20,22)(H,21,26)(H,28,29)/b24-10+. The average molecular weight is 542 g/mol. The van der Waals surface area contributed by atoms with E-state index < -0.39 is 29.2 Å². The lowest BCUT2D eigenvalue weighted by Crippen LogP contribution is -2.71. The molecule has 180 valence electrons. The number of aliphatic carboxylic acids is 1. The summed E-state index contributed by atoms with van der Waals surface area (Å²) < 4.78 is 0.688. The van der Waals surface area contributed by atoms with Gasteiger partial charge in [0.1, 0.15) is 24.2 Å². The van der Waals surface area contributed by atoms with E-state index in [1.54, 1.807) is 18.5 Å². The van der Waals surface area contributed by atoms with E-state index >= 15 is 0 Å². The number of carboxylic acid groups (broad SMARTS) is 1. The topological polar surface area (TPSA) is 172 Å². The fourth-order valence-corrected chi connectivity index (χ4v) is 7.14. The second-order valence-electron chi connectivity index (χ2n) is 6.89. The van der Waals surface area contributed by atoms with Crippen LogP contribution in [-0.2, 0) is 19.2 Å². The van der Waals surface area contributed by atoms with Gasteiger partial charge in [-0.15, -0.1) is 33.3 Å². The van der Waals surface area contributed by atoms with Crippen molar-refractivity contribution in [2.45, 2.75) is 15.8 Å². The Balaban J connectivity index is 1.48. The number of fused-ring (bicyclic) bond motifs is 1. The van der Waals surface area contributed by atoms with Gasteiger partial charge in [0.2, 0.25) is 5.13 Å². The first-order chi connectivity index (χ1) is 16.3. The first-order valence-electron chi connectivity index (χ1n) is 9.64. The number of hydrogen-bond acceptors (Lipinski definition) is 13. The Morgan fingerprint density at radius 2 is 2.24 bits per heavy atom. The molecule has 0 aromatic carbocycles. The molecular formula is C18H19N7O5S4. The Bertz CT molecular complexity index is 1190. The zero-order chi connectivity index (χ0) is 24.4. The fraction of sp³-hybridized carbons (Fsp3) is 0.333. The molecular weight excluding hydrogens is 523 g/mol. The van der Waals surface area contributed by atoms with Crippen molar-refractivity contribution in [3.05, 3.63) is 28.3 Å². The Labute approximate surface area is 210 Å². The minimum absolute atomic E-state index is 0.0217. The fourth-order valence-electron chi connectivity index (χ4n) is 3.32. The number of aromatic nitrogens is 2. The largest absolute Gasteiger partial charge is 0.477 e. The lowest BCUT2D eigenvalue weighted by molar-refractivity contribution is -0.150. The molecule has 1 saturated heterocycles. The molecule has 2 aromatic rings. The van der Waals surface area contributed by atoms with Crippen LogP contribution in [0, 0.1) is 0 Å². The third kappa shape index (κ3) is 4.70.